The molecule has 0 atom stereocenters. The second kappa shape index (κ2) is 10.4. The lowest BCUT2D eigenvalue weighted by Gasteiger charge is -2.18. The summed E-state index contributed by atoms with van der Waals surface area (Å²) in [6.07, 6.45) is 9.18. The Balaban J connectivity index is 1.70. The maximum atomic E-state index is 12.9. The van der Waals surface area contributed by atoms with Crippen molar-refractivity contribution in [1.82, 2.24) is 9.97 Å². The molecular formula is C22H32N4O3. The van der Waals surface area contributed by atoms with Gasteiger partial charge in [0.2, 0.25) is 5.76 Å². The SMILES string of the molecule is CCCc1nc(C2CCCCC2)oc1C(=O)Nc1ccc(N(C)CCOC)nc1. The van der Waals surface area contributed by atoms with E-state index >= 15 is 0 Å². The van der Waals surface area contributed by atoms with Crippen molar-refractivity contribution >= 4 is 17.4 Å². The van der Waals surface area contributed by atoms with Gasteiger partial charge in [-0.2, -0.15) is 0 Å². The van der Waals surface area contributed by atoms with Crippen LogP contribution in [0.3, 0.4) is 0 Å². The smallest absolute Gasteiger partial charge is 0.293 e. The van der Waals surface area contributed by atoms with Crippen LogP contribution in [0, 0.1) is 0 Å². The summed E-state index contributed by atoms with van der Waals surface area (Å²) in [4.78, 5) is 24.0. The summed E-state index contributed by atoms with van der Waals surface area (Å²) >= 11 is 0. The zero-order valence-corrected chi connectivity index (χ0v) is 17.7. The summed E-state index contributed by atoms with van der Waals surface area (Å²) < 4.78 is 11.1. The number of aromatic nitrogens is 2. The zero-order valence-electron chi connectivity index (χ0n) is 17.7. The van der Waals surface area contributed by atoms with Gasteiger partial charge in [-0.25, -0.2) is 9.97 Å². The van der Waals surface area contributed by atoms with Gasteiger partial charge in [0, 0.05) is 26.6 Å². The number of nitrogens with one attached hydrogen (secondary N) is 1. The van der Waals surface area contributed by atoms with Crippen LogP contribution in [0.4, 0.5) is 11.5 Å². The predicted molar refractivity (Wildman–Crippen MR) is 114 cm³/mol. The molecule has 0 bridgehead atoms. The third-order valence-corrected chi connectivity index (χ3v) is 5.39. The largest absolute Gasteiger partial charge is 0.435 e. The first-order valence-electron chi connectivity index (χ1n) is 10.6. The average Bonchev–Trinajstić information content (AvgIpc) is 3.17. The highest BCUT2D eigenvalue weighted by Gasteiger charge is 2.26. The van der Waals surface area contributed by atoms with Gasteiger partial charge >= 0.3 is 0 Å². The molecule has 29 heavy (non-hydrogen) atoms. The molecule has 2 aromatic rings. The van der Waals surface area contributed by atoms with Crippen molar-refractivity contribution < 1.29 is 13.9 Å². The van der Waals surface area contributed by atoms with Gasteiger partial charge in [-0.05, 0) is 31.4 Å². The van der Waals surface area contributed by atoms with Gasteiger partial charge in [0.1, 0.15) is 5.82 Å². The average molecular weight is 401 g/mol. The van der Waals surface area contributed by atoms with E-state index in [9.17, 15) is 4.79 Å². The Morgan fingerprint density at radius 2 is 2.10 bits per heavy atom. The first-order valence-corrected chi connectivity index (χ1v) is 10.6. The number of carbonyl (C=O) groups is 1. The Kier molecular flexibility index (Phi) is 7.63. The Morgan fingerprint density at radius 3 is 2.76 bits per heavy atom. The monoisotopic (exact) mass is 400 g/mol. The Bertz CT molecular complexity index is 782. The van der Waals surface area contributed by atoms with Crippen LogP contribution in [-0.2, 0) is 11.2 Å². The van der Waals surface area contributed by atoms with Crippen LogP contribution in [-0.4, -0.2) is 43.2 Å². The minimum Gasteiger partial charge on any atom is -0.435 e. The van der Waals surface area contributed by atoms with Crippen LogP contribution in [0.5, 0.6) is 0 Å². The van der Waals surface area contributed by atoms with Crippen molar-refractivity contribution in [3.63, 3.8) is 0 Å². The van der Waals surface area contributed by atoms with Crippen LogP contribution in [0.2, 0.25) is 0 Å². The topological polar surface area (TPSA) is 80.5 Å². The van der Waals surface area contributed by atoms with Gasteiger partial charge < -0.3 is 19.4 Å². The van der Waals surface area contributed by atoms with Crippen molar-refractivity contribution in [1.29, 1.82) is 0 Å². The summed E-state index contributed by atoms with van der Waals surface area (Å²) in [7, 11) is 3.63. The standard InChI is InChI=1S/C22H32N4O3/c1-4-8-18-20(29-22(25-18)16-9-6-5-7-10-16)21(27)24-17-11-12-19(23-15-17)26(2)13-14-28-3/h11-12,15-16H,4-10,13-14H2,1-3H3,(H,24,27). The highest BCUT2D eigenvalue weighted by Crippen LogP contribution is 2.33. The molecule has 2 aromatic heterocycles. The predicted octanol–water partition coefficient (Wildman–Crippen LogP) is 4.40. The number of hydrogen-bond acceptors (Lipinski definition) is 6. The third kappa shape index (κ3) is 5.56. The molecule has 1 saturated carbocycles. The molecule has 1 N–H and O–H groups in total. The van der Waals surface area contributed by atoms with Gasteiger partial charge in [-0.3, -0.25) is 4.79 Å². The fraction of sp³-hybridized carbons (Fsp3) is 0.591. The minimum absolute atomic E-state index is 0.259. The number of anilines is 2. The molecule has 158 valence electrons. The molecule has 1 aliphatic carbocycles. The molecule has 3 rings (SSSR count). The van der Waals surface area contributed by atoms with E-state index in [0.29, 0.717) is 24.0 Å². The molecule has 0 spiro atoms. The molecule has 0 unspecified atom stereocenters. The second-order valence-corrected chi connectivity index (χ2v) is 7.69. The van der Waals surface area contributed by atoms with Gasteiger partial charge in [0.15, 0.2) is 5.89 Å². The second-order valence-electron chi connectivity index (χ2n) is 7.69. The van der Waals surface area contributed by atoms with E-state index in [1.807, 2.05) is 24.1 Å². The van der Waals surface area contributed by atoms with E-state index in [2.05, 4.69) is 17.2 Å². The molecule has 0 radical (unpaired) electrons. The van der Waals surface area contributed by atoms with E-state index in [-0.39, 0.29) is 5.91 Å². The van der Waals surface area contributed by atoms with Gasteiger partial charge in [-0.15, -0.1) is 0 Å². The summed E-state index contributed by atoms with van der Waals surface area (Å²) in [5, 5.41) is 2.90. The van der Waals surface area contributed by atoms with E-state index in [0.717, 1.165) is 49.6 Å². The number of oxazole rings is 1. The molecule has 0 aliphatic heterocycles. The molecule has 7 heteroatoms. The zero-order chi connectivity index (χ0) is 20.6. The van der Waals surface area contributed by atoms with Crippen LogP contribution in [0.1, 0.15) is 73.5 Å². The fourth-order valence-electron chi connectivity index (χ4n) is 3.69. The maximum Gasteiger partial charge on any atom is 0.293 e. The van der Waals surface area contributed by atoms with E-state index in [1.54, 1.807) is 13.3 Å². The lowest BCUT2D eigenvalue weighted by Crippen LogP contribution is -2.23. The maximum absolute atomic E-state index is 12.9. The highest BCUT2D eigenvalue weighted by molar-refractivity contribution is 6.02. The molecule has 7 nitrogen and oxygen atoms in total. The third-order valence-electron chi connectivity index (χ3n) is 5.39. The van der Waals surface area contributed by atoms with Crippen molar-refractivity contribution in [3.8, 4) is 0 Å². The van der Waals surface area contributed by atoms with Crippen molar-refractivity contribution in [2.24, 2.45) is 0 Å². The van der Waals surface area contributed by atoms with E-state index < -0.39 is 0 Å². The van der Waals surface area contributed by atoms with Crippen LogP contribution < -0.4 is 10.2 Å². The number of methoxy groups -OCH3 is 1. The first-order chi connectivity index (χ1) is 14.1. The Morgan fingerprint density at radius 1 is 1.31 bits per heavy atom. The number of pyridine rings is 1. The van der Waals surface area contributed by atoms with Crippen LogP contribution in [0.25, 0.3) is 0 Å². The summed E-state index contributed by atoms with van der Waals surface area (Å²) in [6.45, 7) is 3.46. The number of amides is 1. The molecule has 0 saturated heterocycles. The van der Waals surface area contributed by atoms with Gasteiger partial charge in [0.05, 0.1) is 24.2 Å². The molecular weight excluding hydrogens is 368 g/mol. The normalized spacial score (nSPS) is 14.7. The number of likely N-dealkylation sites (N-methyl/N-ethyl adjacent to an activating group) is 1. The van der Waals surface area contributed by atoms with Crippen LogP contribution >= 0.6 is 0 Å². The highest BCUT2D eigenvalue weighted by atomic mass is 16.5. The van der Waals surface area contributed by atoms with E-state index in [4.69, 9.17) is 14.1 Å². The van der Waals surface area contributed by atoms with Crippen molar-refractivity contribution in [2.75, 3.05) is 37.5 Å². The first kappa shape index (κ1) is 21.3. The molecule has 1 amide bonds. The fourth-order valence-corrected chi connectivity index (χ4v) is 3.69. The van der Waals surface area contributed by atoms with Gasteiger partial charge in [-0.1, -0.05) is 32.6 Å². The van der Waals surface area contributed by atoms with Gasteiger partial charge in [0.25, 0.3) is 5.91 Å². The number of aryl methyl sites for hydroxylation is 1. The molecule has 0 aromatic carbocycles. The summed E-state index contributed by atoms with van der Waals surface area (Å²) in [5.74, 6) is 1.97. The van der Waals surface area contributed by atoms with Crippen molar-refractivity contribution in [3.05, 3.63) is 35.7 Å². The molecule has 2 heterocycles. The number of carbonyl (C=O) groups excluding carboxylic acids is 1. The van der Waals surface area contributed by atoms with Crippen LogP contribution in [0.15, 0.2) is 22.7 Å². The number of nitrogens with zero attached hydrogens (tertiary/aromatic N) is 3. The number of hydrogen-bond donors (Lipinski definition) is 1. The number of rotatable bonds is 9. The summed E-state index contributed by atoms with van der Waals surface area (Å²) in [6, 6.07) is 3.73. The van der Waals surface area contributed by atoms with Crippen molar-refractivity contribution in [2.45, 2.75) is 57.8 Å². The quantitative estimate of drug-likeness (QED) is 0.672. The number of ether oxygens (including phenoxy) is 1. The Labute approximate surface area is 172 Å². The summed E-state index contributed by atoms with van der Waals surface area (Å²) in [5.41, 5.74) is 1.39. The lowest BCUT2D eigenvalue weighted by atomic mass is 9.89. The lowest BCUT2D eigenvalue weighted by molar-refractivity contribution is 0.0992. The Hall–Kier alpha value is -2.41. The minimum atomic E-state index is -0.259. The van der Waals surface area contributed by atoms with E-state index in [1.165, 1.54) is 19.3 Å². The molecule has 1 aliphatic rings. The molecule has 1 fully saturated rings.